The maximum atomic E-state index is 8.64. The number of nitrogens with one attached hydrogen (secondary N) is 2. The average molecular weight is 331 g/mol. The van der Waals surface area contributed by atoms with Crippen molar-refractivity contribution in [3.05, 3.63) is 35.9 Å². The zero-order valence-electron chi connectivity index (χ0n) is 13.8. The monoisotopic (exact) mass is 330 g/mol. The molecule has 1 atom stereocenters. The number of aliphatic imine (C=N–C) groups is 1. The Hall–Kier alpha value is -1.67. The van der Waals surface area contributed by atoms with E-state index in [1.54, 1.807) is 7.05 Å². The van der Waals surface area contributed by atoms with Crippen molar-refractivity contribution in [2.75, 3.05) is 19.3 Å². The zero-order chi connectivity index (χ0) is 16.3. The molecule has 1 saturated carbocycles. The van der Waals surface area contributed by atoms with Crippen molar-refractivity contribution in [2.24, 2.45) is 10.9 Å². The van der Waals surface area contributed by atoms with E-state index in [4.69, 9.17) is 5.26 Å². The van der Waals surface area contributed by atoms with Gasteiger partial charge < -0.3 is 5.32 Å². The number of rotatable bonds is 6. The van der Waals surface area contributed by atoms with Gasteiger partial charge in [-0.3, -0.25) is 10.3 Å². The van der Waals surface area contributed by atoms with E-state index in [2.05, 4.69) is 46.0 Å². The zero-order valence-corrected chi connectivity index (χ0v) is 14.6. The Morgan fingerprint density at radius 2 is 2.04 bits per heavy atom. The molecule has 0 heterocycles. The Morgan fingerprint density at radius 1 is 1.30 bits per heavy atom. The van der Waals surface area contributed by atoms with Crippen LogP contribution < -0.4 is 10.6 Å². The average Bonchev–Trinajstić information content (AvgIpc) is 2.62. The predicted molar refractivity (Wildman–Crippen MR) is 98.3 cm³/mol. The first-order valence-corrected chi connectivity index (χ1v) is 9.42. The van der Waals surface area contributed by atoms with Crippen LogP contribution in [0, 0.1) is 17.4 Å². The summed E-state index contributed by atoms with van der Waals surface area (Å²) in [6.45, 7) is 0.808. The van der Waals surface area contributed by atoms with Gasteiger partial charge in [-0.15, -0.1) is 0 Å². The SMILES string of the molecule is CN=C(NC#N)NCCSC(c1ccccc1)C1CCCCC1. The second-order valence-corrected chi connectivity index (χ2v) is 7.09. The Kier molecular flexibility index (Phi) is 7.82. The Labute approximate surface area is 143 Å². The fourth-order valence-corrected chi connectivity index (χ4v) is 4.54. The molecule has 4 nitrogen and oxygen atoms in total. The molecular weight excluding hydrogens is 304 g/mol. The number of guanidine groups is 1. The van der Waals surface area contributed by atoms with Crippen molar-refractivity contribution >= 4 is 17.7 Å². The van der Waals surface area contributed by atoms with Gasteiger partial charge in [0, 0.05) is 24.6 Å². The summed E-state index contributed by atoms with van der Waals surface area (Å²) in [7, 11) is 1.68. The summed E-state index contributed by atoms with van der Waals surface area (Å²) in [6, 6.07) is 10.9. The third kappa shape index (κ3) is 5.80. The molecule has 2 rings (SSSR count). The number of hydrogen-bond donors (Lipinski definition) is 2. The van der Waals surface area contributed by atoms with Gasteiger partial charge in [0.2, 0.25) is 5.96 Å². The minimum atomic E-state index is 0.544. The van der Waals surface area contributed by atoms with Gasteiger partial charge >= 0.3 is 0 Å². The van der Waals surface area contributed by atoms with Crippen LogP contribution in [-0.2, 0) is 0 Å². The number of nitriles is 1. The first-order chi connectivity index (χ1) is 11.3. The van der Waals surface area contributed by atoms with Crippen LogP contribution in [-0.4, -0.2) is 25.3 Å². The smallest absolute Gasteiger partial charge is 0.204 e. The molecule has 1 aromatic carbocycles. The highest BCUT2D eigenvalue weighted by Crippen LogP contribution is 2.42. The Morgan fingerprint density at radius 3 is 2.70 bits per heavy atom. The van der Waals surface area contributed by atoms with E-state index in [1.165, 1.54) is 37.7 Å². The first kappa shape index (κ1) is 17.7. The van der Waals surface area contributed by atoms with Gasteiger partial charge in [-0.25, -0.2) is 0 Å². The molecule has 0 aromatic heterocycles. The van der Waals surface area contributed by atoms with E-state index in [0.717, 1.165) is 18.2 Å². The van der Waals surface area contributed by atoms with E-state index in [0.29, 0.717) is 11.2 Å². The number of benzene rings is 1. The van der Waals surface area contributed by atoms with E-state index >= 15 is 0 Å². The van der Waals surface area contributed by atoms with Gasteiger partial charge in [-0.05, 0) is 24.3 Å². The summed E-state index contributed by atoms with van der Waals surface area (Å²) in [5, 5.41) is 14.9. The standard InChI is InChI=1S/C18H26N4S/c1-20-18(22-14-19)21-12-13-23-17(15-8-4-2-5-9-15)16-10-6-3-7-11-16/h2,4-5,8-9,16-17H,3,6-7,10-13H2,1H3,(H2,20,21,22). The van der Waals surface area contributed by atoms with Crippen molar-refractivity contribution < 1.29 is 0 Å². The van der Waals surface area contributed by atoms with Crippen LogP contribution in [0.25, 0.3) is 0 Å². The van der Waals surface area contributed by atoms with Gasteiger partial charge in [0.05, 0.1) is 0 Å². The molecule has 0 amide bonds. The van der Waals surface area contributed by atoms with Crippen molar-refractivity contribution in [2.45, 2.75) is 37.4 Å². The fraction of sp³-hybridized carbons (Fsp3) is 0.556. The summed E-state index contributed by atoms with van der Waals surface area (Å²) < 4.78 is 0. The third-order valence-electron chi connectivity index (χ3n) is 4.30. The summed E-state index contributed by atoms with van der Waals surface area (Å²) in [4.78, 5) is 4.01. The van der Waals surface area contributed by atoms with Gasteiger partial charge in [0.15, 0.2) is 6.19 Å². The van der Waals surface area contributed by atoms with Crippen LogP contribution in [0.4, 0.5) is 0 Å². The van der Waals surface area contributed by atoms with Crippen LogP contribution in [0.15, 0.2) is 35.3 Å². The molecule has 23 heavy (non-hydrogen) atoms. The molecule has 124 valence electrons. The fourth-order valence-electron chi connectivity index (χ4n) is 3.17. The quantitative estimate of drug-likeness (QED) is 0.275. The molecule has 1 aromatic rings. The second kappa shape index (κ2) is 10.2. The summed E-state index contributed by atoms with van der Waals surface area (Å²) in [5.74, 6) is 2.33. The van der Waals surface area contributed by atoms with Crippen molar-refractivity contribution in [3.63, 3.8) is 0 Å². The minimum absolute atomic E-state index is 0.544. The first-order valence-electron chi connectivity index (χ1n) is 8.37. The molecule has 0 radical (unpaired) electrons. The summed E-state index contributed by atoms with van der Waals surface area (Å²) in [6.07, 6.45) is 8.71. The second-order valence-electron chi connectivity index (χ2n) is 5.84. The predicted octanol–water partition coefficient (Wildman–Crippen LogP) is 3.69. The van der Waals surface area contributed by atoms with Crippen molar-refractivity contribution in [1.29, 1.82) is 5.26 Å². The minimum Gasteiger partial charge on any atom is -0.355 e. The molecule has 5 heteroatoms. The molecule has 0 aliphatic heterocycles. The van der Waals surface area contributed by atoms with E-state index in [9.17, 15) is 0 Å². The van der Waals surface area contributed by atoms with Crippen LogP contribution in [0.1, 0.15) is 42.9 Å². The Balaban J connectivity index is 1.89. The highest BCUT2D eigenvalue weighted by molar-refractivity contribution is 7.99. The normalized spacial score (nSPS) is 17.3. The lowest BCUT2D eigenvalue weighted by Crippen LogP contribution is -2.35. The van der Waals surface area contributed by atoms with Crippen LogP contribution >= 0.6 is 11.8 Å². The maximum Gasteiger partial charge on any atom is 0.204 e. The van der Waals surface area contributed by atoms with Gasteiger partial charge in [-0.2, -0.15) is 17.0 Å². The van der Waals surface area contributed by atoms with Crippen LogP contribution in [0.5, 0.6) is 0 Å². The van der Waals surface area contributed by atoms with Crippen molar-refractivity contribution in [1.82, 2.24) is 10.6 Å². The Bertz CT molecular complexity index is 518. The molecule has 1 unspecified atom stereocenters. The number of hydrogen-bond acceptors (Lipinski definition) is 3. The molecule has 0 saturated heterocycles. The largest absolute Gasteiger partial charge is 0.355 e. The third-order valence-corrected chi connectivity index (χ3v) is 5.75. The summed E-state index contributed by atoms with van der Waals surface area (Å²) >= 11 is 2.02. The van der Waals surface area contributed by atoms with Crippen LogP contribution in [0.2, 0.25) is 0 Å². The van der Waals surface area contributed by atoms with E-state index in [1.807, 2.05) is 18.0 Å². The molecule has 1 aliphatic rings. The molecule has 1 fully saturated rings. The van der Waals surface area contributed by atoms with Gasteiger partial charge in [-0.1, -0.05) is 49.6 Å². The number of nitrogens with zero attached hydrogens (tertiary/aromatic N) is 2. The summed E-state index contributed by atoms with van der Waals surface area (Å²) in [5.41, 5.74) is 1.45. The van der Waals surface area contributed by atoms with E-state index in [-0.39, 0.29) is 0 Å². The highest BCUT2D eigenvalue weighted by Gasteiger charge is 2.25. The molecule has 2 N–H and O–H groups in total. The molecular formula is C18H26N4S. The highest BCUT2D eigenvalue weighted by atomic mass is 32.2. The lowest BCUT2D eigenvalue weighted by molar-refractivity contribution is 0.351. The number of thioether (sulfide) groups is 1. The molecule has 0 spiro atoms. The lowest BCUT2D eigenvalue weighted by Gasteiger charge is -2.30. The molecule has 0 bridgehead atoms. The lowest BCUT2D eigenvalue weighted by atomic mass is 9.84. The van der Waals surface area contributed by atoms with Crippen LogP contribution in [0.3, 0.4) is 0 Å². The topological polar surface area (TPSA) is 60.2 Å². The van der Waals surface area contributed by atoms with Crippen molar-refractivity contribution in [3.8, 4) is 6.19 Å². The van der Waals surface area contributed by atoms with Gasteiger partial charge in [0.25, 0.3) is 0 Å². The van der Waals surface area contributed by atoms with Gasteiger partial charge in [0.1, 0.15) is 0 Å². The van der Waals surface area contributed by atoms with E-state index < -0.39 is 0 Å². The maximum absolute atomic E-state index is 8.64. The molecule has 1 aliphatic carbocycles.